The normalized spacial score (nSPS) is 10.5. The van der Waals surface area contributed by atoms with E-state index < -0.39 is 0 Å². The Bertz CT molecular complexity index is 361. The largest absolute Gasteiger partial charge is 0.477 e. The van der Waals surface area contributed by atoms with Crippen LogP contribution in [0.2, 0.25) is 0 Å². The maximum Gasteiger partial charge on any atom is 0.232 e. The molecule has 19 heavy (non-hydrogen) atoms. The zero-order valence-corrected chi connectivity index (χ0v) is 13.5. The number of anilines is 1. The number of hydrogen-bond donors (Lipinski definition) is 1. The van der Waals surface area contributed by atoms with Gasteiger partial charge in [0.15, 0.2) is 0 Å². The van der Waals surface area contributed by atoms with Crippen LogP contribution in [-0.4, -0.2) is 23.1 Å². The first kappa shape index (κ1) is 16.2. The van der Waals surface area contributed by atoms with Crippen LogP contribution in [0.15, 0.2) is 10.7 Å². The molecule has 0 aliphatic heterocycles. The van der Waals surface area contributed by atoms with Gasteiger partial charge in [-0.15, -0.1) is 0 Å². The van der Waals surface area contributed by atoms with E-state index in [0.717, 1.165) is 17.4 Å². The molecule has 0 aliphatic rings. The molecule has 0 bridgehead atoms. The van der Waals surface area contributed by atoms with Crippen molar-refractivity contribution in [2.45, 2.75) is 52.4 Å². The Hall–Kier alpha value is -0.840. The van der Waals surface area contributed by atoms with E-state index in [9.17, 15) is 0 Å². The number of hydrogen-bond acceptors (Lipinski definition) is 4. The number of nitrogens with one attached hydrogen (secondary N) is 1. The van der Waals surface area contributed by atoms with E-state index in [2.05, 4.69) is 38.1 Å². The molecule has 0 saturated carbocycles. The predicted molar refractivity (Wildman–Crippen MR) is 82.8 cm³/mol. The number of ether oxygens (including phenoxy) is 1. The standard InChI is InChI=1S/C14H24BrN3O/c1-3-5-6-7-8-9-10-19-13-12(15)11-17-14(18-13)16-4-2/h11H,3-10H2,1-2H3,(H,16,17,18). The lowest BCUT2D eigenvalue weighted by atomic mass is 10.1. The molecule has 0 spiro atoms. The highest BCUT2D eigenvalue weighted by atomic mass is 79.9. The Morgan fingerprint density at radius 1 is 1.16 bits per heavy atom. The fourth-order valence-electron chi connectivity index (χ4n) is 1.75. The van der Waals surface area contributed by atoms with Crippen molar-refractivity contribution in [3.05, 3.63) is 10.7 Å². The Morgan fingerprint density at radius 3 is 2.63 bits per heavy atom. The lowest BCUT2D eigenvalue weighted by Gasteiger charge is -2.08. The summed E-state index contributed by atoms with van der Waals surface area (Å²) >= 11 is 3.41. The van der Waals surface area contributed by atoms with Gasteiger partial charge in [0.05, 0.1) is 17.3 Å². The highest BCUT2D eigenvalue weighted by Crippen LogP contribution is 2.22. The summed E-state index contributed by atoms with van der Waals surface area (Å²) in [4.78, 5) is 8.48. The molecule has 0 saturated heterocycles. The monoisotopic (exact) mass is 329 g/mol. The van der Waals surface area contributed by atoms with Crippen LogP contribution in [0, 0.1) is 0 Å². The highest BCUT2D eigenvalue weighted by molar-refractivity contribution is 9.10. The first-order valence-electron chi connectivity index (χ1n) is 7.17. The maximum atomic E-state index is 5.69. The van der Waals surface area contributed by atoms with Gasteiger partial charge in [-0.3, -0.25) is 0 Å². The van der Waals surface area contributed by atoms with Crippen molar-refractivity contribution in [3.63, 3.8) is 0 Å². The number of aromatic nitrogens is 2. The number of rotatable bonds is 10. The van der Waals surface area contributed by atoms with Gasteiger partial charge in [-0.1, -0.05) is 39.0 Å². The van der Waals surface area contributed by atoms with Gasteiger partial charge in [0, 0.05) is 6.54 Å². The van der Waals surface area contributed by atoms with Crippen molar-refractivity contribution in [1.82, 2.24) is 9.97 Å². The van der Waals surface area contributed by atoms with Gasteiger partial charge in [-0.25, -0.2) is 4.98 Å². The second-order valence-electron chi connectivity index (χ2n) is 4.49. The van der Waals surface area contributed by atoms with Gasteiger partial charge in [0.1, 0.15) is 0 Å². The van der Waals surface area contributed by atoms with Crippen molar-refractivity contribution < 1.29 is 4.74 Å². The summed E-state index contributed by atoms with van der Waals surface area (Å²) in [5.74, 6) is 1.24. The Balaban J connectivity index is 2.26. The van der Waals surface area contributed by atoms with Gasteiger partial charge < -0.3 is 10.1 Å². The smallest absolute Gasteiger partial charge is 0.232 e. The average Bonchev–Trinajstić information content (AvgIpc) is 2.41. The van der Waals surface area contributed by atoms with Gasteiger partial charge in [-0.05, 0) is 29.3 Å². The summed E-state index contributed by atoms with van der Waals surface area (Å²) in [7, 11) is 0. The summed E-state index contributed by atoms with van der Waals surface area (Å²) in [5, 5.41) is 3.08. The molecule has 1 aromatic rings. The van der Waals surface area contributed by atoms with E-state index >= 15 is 0 Å². The third-order valence-corrected chi connectivity index (χ3v) is 3.33. The molecule has 0 unspecified atom stereocenters. The van der Waals surface area contributed by atoms with Crippen LogP contribution in [0.3, 0.4) is 0 Å². The summed E-state index contributed by atoms with van der Waals surface area (Å²) in [5.41, 5.74) is 0. The first-order valence-corrected chi connectivity index (χ1v) is 7.96. The molecule has 0 aromatic carbocycles. The van der Waals surface area contributed by atoms with Gasteiger partial charge in [0.2, 0.25) is 11.8 Å². The molecule has 1 heterocycles. The molecule has 0 radical (unpaired) electrons. The quantitative estimate of drug-likeness (QED) is 0.646. The van der Waals surface area contributed by atoms with Crippen LogP contribution in [0.5, 0.6) is 5.88 Å². The second kappa shape index (κ2) is 10.0. The van der Waals surface area contributed by atoms with E-state index in [1.807, 2.05) is 6.92 Å². The van der Waals surface area contributed by atoms with E-state index in [1.165, 1.54) is 32.1 Å². The SMILES string of the molecule is CCCCCCCCOc1nc(NCC)ncc1Br. The zero-order valence-electron chi connectivity index (χ0n) is 11.9. The van der Waals surface area contributed by atoms with Crippen LogP contribution in [0.1, 0.15) is 52.4 Å². The van der Waals surface area contributed by atoms with Gasteiger partial charge in [-0.2, -0.15) is 4.98 Å². The molecule has 108 valence electrons. The van der Waals surface area contributed by atoms with Crippen LogP contribution in [-0.2, 0) is 0 Å². The Morgan fingerprint density at radius 2 is 1.89 bits per heavy atom. The molecular weight excluding hydrogens is 306 g/mol. The fourth-order valence-corrected chi connectivity index (χ4v) is 2.05. The summed E-state index contributed by atoms with van der Waals surface area (Å²) in [6, 6.07) is 0. The average molecular weight is 330 g/mol. The van der Waals surface area contributed by atoms with E-state index in [0.29, 0.717) is 18.4 Å². The van der Waals surface area contributed by atoms with E-state index in [4.69, 9.17) is 4.74 Å². The van der Waals surface area contributed by atoms with E-state index in [-0.39, 0.29) is 0 Å². The molecule has 0 aliphatic carbocycles. The summed E-state index contributed by atoms with van der Waals surface area (Å²) in [6.07, 6.45) is 9.28. The Labute approximate surface area is 124 Å². The minimum atomic E-state index is 0.614. The Kier molecular flexibility index (Phi) is 8.54. The molecule has 0 amide bonds. The maximum absolute atomic E-state index is 5.69. The number of halogens is 1. The van der Waals surface area contributed by atoms with Crippen molar-refractivity contribution >= 4 is 21.9 Å². The second-order valence-corrected chi connectivity index (χ2v) is 5.35. The van der Waals surface area contributed by atoms with Crippen molar-refractivity contribution in [1.29, 1.82) is 0 Å². The van der Waals surface area contributed by atoms with E-state index in [1.54, 1.807) is 6.20 Å². The topological polar surface area (TPSA) is 47.0 Å². The van der Waals surface area contributed by atoms with Gasteiger partial charge >= 0.3 is 0 Å². The molecule has 0 fully saturated rings. The zero-order chi connectivity index (χ0) is 13.9. The first-order chi connectivity index (χ1) is 9.27. The third-order valence-electron chi connectivity index (χ3n) is 2.78. The number of unbranched alkanes of at least 4 members (excludes halogenated alkanes) is 5. The molecule has 1 N–H and O–H groups in total. The molecule has 1 aromatic heterocycles. The molecule has 0 atom stereocenters. The van der Waals surface area contributed by atoms with Gasteiger partial charge in [0.25, 0.3) is 0 Å². The lowest BCUT2D eigenvalue weighted by molar-refractivity contribution is 0.291. The molecule has 5 heteroatoms. The molecular formula is C14H24BrN3O. The fraction of sp³-hybridized carbons (Fsp3) is 0.714. The minimum Gasteiger partial charge on any atom is -0.477 e. The number of nitrogens with zero attached hydrogens (tertiary/aromatic N) is 2. The lowest BCUT2D eigenvalue weighted by Crippen LogP contribution is -2.05. The van der Waals surface area contributed by atoms with Crippen LogP contribution in [0.4, 0.5) is 5.95 Å². The third kappa shape index (κ3) is 6.76. The summed E-state index contributed by atoms with van der Waals surface area (Å²) in [6.45, 7) is 5.77. The van der Waals surface area contributed by atoms with Crippen LogP contribution >= 0.6 is 15.9 Å². The van der Waals surface area contributed by atoms with Crippen molar-refractivity contribution in [2.75, 3.05) is 18.5 Å². The molecule has 4 nitrogen and oxygen atoms in total. The molecule has 1 rings (SSSR count). The van der Waals surface area contributed by atoms with Crippen molar-refractivity contribution in [3.8, 4) is 5.88 Å². The summed E-state index contributed by atoms with van der Waals surface area (Å²) < 4.78 is 6.50. The highest BCUT2D eigenvalue weighted by Gasteiger charge is 2.05. The minimum absolute atomic E-state index is 0.614. The van der Waals surface area contributed by atoms with Crippen LogP contribution in [0.25, 0.3) is 0 Å². The van der Waals surface area contributed by atoms with Crippen LogP contribution < -0.4 is 10.1 Å². The van der Waals surface area contributed by atoms with Crippen molar-refractivity contribution in [2.24, 2.45) is 0 Å². The predicted octanol–water partition coefficient (Wildman–Crippen LogP) is 4.41.